The Bertz CT molecular complexity index is 31.2. The van der Waals surface area contributed by atoms with Gasteiger partial charge in [-0.3, -0.25) is 0 Å². The van der Waals surface area contributed by atoms with Crippen LogP contribution in [-0.2, 0) is 8.85 Å². The van der Waals surface area contributed by atoms with Crippen molar-refractivity contribution in [1.29, 1.82) is 0 Å². The van der Waals surface area contributed by atoms with E-state index in [1.807, 2.05) is 0 Å². The van der Waals surface area contributed by atoms with Crippen molar-refractivity contribution in [3.63, 3.8) is 0 Å². The molecule has 0 aromatic heterocycles. The van der Waals surface area contributed by atoms with Crippen molar-refractivity contribution in [3.8, 4) is 0 Å². The highest BCUT2D eigenvalue weighted by Crippen LogP contribution is 1.89. The predicted octanol–water partition coefficient (Wildman–Crippen LogP) is 0.787. The lowest BCUT2D eigenvalue weighted by molar-refractivity contribution is 0.279. The first-order chi connectivity index (χ1) is 3.35. The van der Waals surface area contributed by atoms with E-state index in [1.54, 1.807) is 14.2 Å². The molecule has 0 spiro atoms. The topological polar surface area (TPSA) is 18.5 Å². The van der Waals surface area contributed by atoms with Crippen molar-refractivity contribution < 1.29 is 8.85 Å². The van der Waals surface area contributed by atoms with Gasteiger partial charge in [-0.25, -0.2) is 0 Å². The molecule has 0 amide bonds. The monoisotopic (exact) mass is 119 g/mol. The Kier molecular flexibility index (Phi) is 4.38. The number of hydrogen-bond donors (Lipinski definition) is 0. The summed E-state index contributed by atoms with van der Waals surface area (Å²) in [4.78, 5) is 0. The van der Waals surface area contributed by atoms with E-state index in [9.17, 15) is 0 Å². The quantitative estimate of drug-likeness (QED) is 0.511. The summed E-state index contributed by atoms with van der Waals surface area (Å²) in [6, 6.07) is 1.01. The largest absolute Gasteiger partial charge is 0.397 e. The number of hydrogen-bond acceptors (Lipinski definition) is 2. The van der Waals surface area contributed by atoms with E-state index in [4.69, 9.17) is 8.85 Å². The highest BCUT2D eigenvalue weighted by atomic mass is 28.3. The Balaban J connectivity index is 2.99. The van der Waals surface area contributed by atoms with Gasteiger partial charge >= 0.3 is 9.28 Å². The second-order valence-corrected chi connectivity index (χ2v) is 3.40. The summed E-state index contributed by atoms with van der Waals surface area (Å²) in [6.07, 6.45) is 0. The summed E-state index contributed by atoms with van der Waals surface area (Å²) in [6.45, 7) is 2.06. The summed E-state index contributed by atoms with van der Waals surface area (Å²) in [7, 11) is 2.50. The average Bonchev–Trinajstić information content (AvgIpc) is 1.72. The highest BCUT2D eigenvalue weighted by Gasteiger charge is 2.05. The molecule has 0 atom stereocenters. The van der Waals surface area contributed by atoms with Gasteiger partial charge in [-0.05, 0) is 6.04 Å². The van der Waals surface area contributed by atoms with Gasteiger partial charge in [0.05, 0.1) is 0 Å². The highest BCUT2D eigenvalue weighted by molar-refractivity contribution is 6.44. The molecule has 0 saturated heterocycles. The van der Waals surface area contributed by atoms with Crippen LogP contribution in [0.5, 0.6) is 0 Å². The normalized spacial score (nSPS) is 10.3. The van der Waals surface area contributed by atoms with Crippen LogP contribution in [0.3, 0.4) is 0 Å². The van der Waals surface area contributed by atoms with Crippen LogP contribution < -0.4 is 0 Å². The van der Waals surface area contributed by atoms with Crippen molar-refractivity contribution in [2.45, 2.75) is 13.0 Å². The van der Waals surface area contributed by atoms with Gasteiger partial charge in [0.2, 0.25) is 0 Å². The fraction of sp³-hybridized carbons (Fsp3) is 1.00. The molecule has 2 nitrogen and oxygen atoms in total. The minimum absolute atomic E-state index is 0.863. The van der Waals surface area contributed by atoms with Crippen LogP contribution in [0.15, 0.2) is 0 Å². The van der Waals surface area contributed by atoms with Crippen molar-refractivity contribution in [3.05, 3.63) is 0 Å². The van der Waals surface area contributed by atoms with Gasteiger partial charge in [-0.15, -0.1) is 0 Å². The van der Waals surface area contributed by atoms with Crippen LogP contribution in [0.4, 0.5) is 0 Å². The van der Waals surface area contributed by atoms with E-state index >= 15 is 0 Å². The second-order valence-electron chi connectivity index (χ2n) is 1.13. The maximum atomic E-state index is 4.93. The Labute approximate surface area is 46.3 Å². The molecule has 0 aliphatic carbocycles. The van der Waals surface area contributed by atoms with Crippen molar-refractivity contribution in [2.24, 2.45) is 0 Å². The van der Waals surface area contributed by atoms with E-state index in [2.05, 4.69) is 6.92 Å². The average molecular weight is 119 g/mol. The zero-order chi connectivity index (χ0) is 5.70. The lowest BCUT2D eigenvalue weighted by Gasteiger charge is -2.03. The van der Waals surface area contributed by atoms with E-state index in [-0.39, 0.29) is 0 Å². The first kappa shape index (κ1) is 7.14. The molecule has 7 heavy (non-hydrogen) atoms. The van der Waals surface area contributed by atoms with Gasteiger partial charge in [0.15, 0.2) is 0 Å². The third kappa shape index (κ3) is 2.79. The summed E-state index contributed by atoms with van der Waals surface area (Å²) in [5, 5.41) is 0. The maximum absolute atomic E-state index is 4.93. The van der Waals surface area contributed by atoms with Gasteiger partial charge in [0.1, 0.15) is 0 Å². The first-order valence-electron chi connectivity index (χ1n) is 2.29. The van der Waals surface area contributed by atoms with Crippen LogP contribution >= 0.6 is 0 Å². The van der Waals surface area contributed by atoms with Gasteiger partial charge in [-0.2, -0.15) is 0 Å². The van der Waals surface area contributed by atoms with Crippen LogP contribution in [0.25, 0.3) is 0 Å². The van der Waals surface area contributed by atoms with Crippen molar-refractivity contribution >= 4 is 9.28 Å². The molecule has 0 saturated carbocycles. The zero-order valence-corrected chi connectivity index (χ0v) is 6.02. The first-order valence-corrected chi connectivity index (χ1v) is 3.81. The molecular formula is C4H11O2Si. The molecule has 0 aliphatic rings. The minimum Gasteiger partial charge on any atom is -0.397 e. The van der Waals surface area contributed by atoms with Gasteiger partial charge < -0.3 is 8.85 Å². The molecule has 0 rings (SSSR count). The molecule has 0 N–H and O–H groups in total. The fourth-order valence-corrected chi connectivity index (χ4v) is 1.12. The van der Waals surface area contributed by atoms with Crippen LogP contribution in [0.1, 0.15) is 6.92 Å². The van der Waals surface area contributed by atoms with Gasteiger partial charge in [-0.1, -0.05) is 6.92 Å². The molecule has 3 heteroatoms. The Hall–Kier alpha value is 0.137. The molecule has 0 aliphatic heterocycles. The lowest BCUT2D eigenvalue weighted by atomic mass is 11.0. The minimum atomic E-state index is -0.863. The summed E-state index contributed by atoms with van der Waals surface area (Å²) < 4.78 is 9.86. The standard InChI is InChI=1S/C4H11O2Si/c1-4-7(5-2)6-3/h4H2,1-3H3. The van der Waals surface area contributed by atoms with E-state index in [0.29, 0.717) is 0 Å². The van der Waals surface area contributed by atoms with Crippen molar-refractivity contribution in [1.82, 2.24) is 0 Å². The Morgan fingerprint density at radius 1 is 1.29 bits per heavy atom. The maximum Gasteiger partial charge on any atom is 0.383 e. The van der Waals surface area contributed by atoms with E-state index < -0.39 is 9.28 Å². The molecule has 0 heterocycles. The van der Waals surface area contributed by atoms with Gasteiger partial charge in [0, 0.05) is 14.2 Å². The molecule has 0 bridgehead atoms. The van der Waals surface area contributed by atoms with Crippen molar-refractivity contribution in [2.75, 3.05) is 14.2 Å². The fourth-order valence-electron chi connectivity index (χ4n) is 0.372. The SMILES string of the molecule is CC[Si](OC)OC. The molecule has 43 valence electrons. The molecule has 0 aromatic carbocycles. The third-order valence-electron chi connectivity index (χ3n) is 0.744. The van der Waals surface area contributed by atoms with Gasteiger partial charge in [0.25, 0.3) is 0 Å². The molecular weight excluding hydrogens is 108 g/mol. The van der Waals surface area contributed by atoms with Crippen LogP contribution in [0, 0.1) is 0 Å². The smallest absolute Gasteiger partial charge is 0.383 e. The Morgan fingerprint density at radius 2 is 1.71 bits per heavy atom. The molecule has 0 fully saturated rings. The zero-order valence-electron chi connectivity index (χ0n) is 5.02. The van der Waals surface area contributed by atoms with E-state index in [1.165, 1.54) is 0 Å². The second kappa shape index (κ2) is 4.30. The summed E-state index contributed by atoms with van der Waals surface area (Å²) in [5.74, 6) is 0. The molecule has 0 aromatic rings. The summed E-state index contributed by atoms with van der Waals surface area (Å²) in [5.41, 5.74) is 0. The van der Waals surface area contributed by atoms with E-state index in [0.717, 1.165) is 6.04 Å². The third-order valence-corrected chi connectivity index (χ3v) is 2.23. The molecule has 1 radical (unpaired) electrons. The number of rotatable bonds is 3. The Morgan fingerprint density at radius 3 is 1.71 bits per heavy atom. The summed E-state index contributed by atoms with van der Waals surface area (Å²) >= 11 is 0. The van der Waals surface area contributed by atoms with Crippen LogP contribution in [-0.4, -0.2) is 23.5 Å². The molecule has 0 unspecified atom stereocenters. The van der Waals surface area contributed by atoms with Crippen LogP contribution in [0.2, 0.25) is 6.04 Å². The predicted molar refractivity (Wildman–Crippen MR) is 30.3 cm³/mol. The lowest BCUT2D eigenvalue weighted by Crippen LogP contribution is -2.16.